The summed E-state index contributed by atoms with van der Waals surface area (Å²) < 4.78 is 39.1. The molecule has 102 valence electrons. The largest absolute Gasteiger partial charge is 0.416 e. The van der Waals surface area contributed by atoms with Crippen LogP contribution in [-0.4, -0.2) is 22.0 Å². The van der Waals surface area contributed by atoms with E-state index >= 15 is 0 Å². The van der Waals surface area contributed by atoms with E-state index in [0.29, 0.717) is 0 Å². The minimum absolute atomic E-state index is 0.248. The number of benzene rings is 1. The smallest absolute Gasteiger partial charge is 0.308 e. The van der Waals surface area contributed by atoms with Crippen LogP contribution < -0.4 is 5.32 Å². The molecule has 0 bridgehead atoms. The molecule has 1 heterocycles. The van der Waals surface area contributed by atoms with Crippen LogP contribution in [0.3, 0.4) is 0 Å². The molecule has 1 N–H and O–H groups in total. The van der Waals surface area contributed by atoms with E-state index in [2.05, 4.69) is 15.6 Å². The van der Waals surface area contributed by atoms with Gasteiger partial charge in [0.15, 0.2) is 0 Å². The van der Waals surface area contributed by atoms with Crippen molar-refractivity contribution in [3.8, 4) is 0 Å². The van der Waals surface area contributed by atoms with Gasteiger partial charge in [-0.3, -0.25) is 4.68 Å². The van der Waals surface area contributed by atoms with Gasteiger partial charge in [0, 0.05) is 7.05 Å². The van der Waals surface area contributed by atoms with Gasteiger partial charge >= 0.3 is 6.18 Å². The first kappa shape index (κ1) is 13.5. The van der Waals surface area contributed by atoms with Gasteiger partial charge in [0.05, 0.1) is 23.5 Å². The Balaban J connectivity index is 2.33. The molecule has 2 aromatic rings. The van der Waals surface area contributed by atoms with Gasteiger partial charge in [-0.25, -0.2) is 0 Å². The quantitative estimate of drug-likeness (QED) is 0.929. The summed E-state index contributed by atoms with van der Waals surface area (Å²) in [5.41, 5.74) is 0.845. The minimum atomic E-state index is -4.32. The Hall–Kier alpha value is -1.89. The average molecular weight is 270 g/mol. The zero-order valence-corrected chi connectivity index (χ0v) is 10.4. The fraction of sp³-hybridized carbons (Fsp3) is 0.333. The molecule has 0 aliphatic heterocycles. The van der Waals surface area contributed by atoms with Gasteiger partial charge in [-0.1, -0.05) is 17.3 Å². The maximum atomic E-state index is 12.5. The molecule has 0 radical (unpaired) electrons. The van der Waals surface area contributed by atoms with E-state index in [-0.39, 0.29) is 6.04 Å². The van der Waals surface area contributed by atoms with Crippen LogP contribution >= 0.6 is 0 Å². The van der Waals surface area contributed by atoms with Crippen molar-refractivity contribution in [1.29, 1.82) is 0 Å². The normalized spacial score (nSPS) is 13.5. The fourth-order valence-electron chi connectivity index (χ4n) is 1.91. The van der Waals surface area contributed by atoms with Gasteiger partial charge in [-0.2, -0.15) is 13.2 Å². The molecule has 1 unspecified atom stereocenters. The molecule has 0 saturated carbocycles. The van der Waals surface area contributed by atoms with Crippen LogP contribution in [0.5, 0.6) is 0 Å². The highest BCUT2D eigenvalue weighted by atomic mass is 19.4. The first-order chi connectivity index (χ1) is 8.93. The van der Waals surface area contributed by atoms with Crippen molar-refractivity contribution in [2.75, 3.05) is 7.05 Å². The van der Waals surface area contributed by atoms with Crippen LogP contribution in [0.4, 0.5) is 13.2 Å². The monoisotopic (exact) mass is 270 g/mol. The highest BCUT2D eigenvalue weighted by Gasteiger charge is 2.30. The first-order valence-electron chi connectivity index (χ1n) is 5.62. The Bertz CT molecular complexity index is 545. The van der Waals surface area contributed by atoms with Gasteiger partial charge in [-0.05, 0) is 24.7 Å². The number of nitrogens with zero attached hydrogens (tertiary/aromatic N) is 3. The van der Waals surface area contributed by atoms with E-state index in [1.807, 2.05) is 0 Å². The van der Waals surface area contributed by atoms with Crippen molar-refractivity contribution in [1.82, 2.24) is 20.3 Å². The van der Waals surface area contributed by atoms with Crippen molar-refractivity contribution in [2.24, 2.45) is 7.05 Å². The van der Waals surface area contributed by atoms with E-state index in [4.69, 9.17) is 0 Å². The van der Waals surface area contributed by atoms with Crippen molar-refractivity contribution < 1.29 is 13.2 Å². The molecular formula is C12H13F3N4. The summed E-state index contributed by atoms with van der Waals surface area (Å²) in [7, 11) is 3.46. The zero-order valence-electron chi connectivity index (χ0n) is 10.4. The number of nitrogens with one attached hydrogen (secondary N) is 1. The number of aromatic nitrogens is 3. The first-order valence-corrected chi connectivity index (χ1v) is 5.62. The van der Waals surface area contributed by atoms with E-state index in [1.54, 1.807) is 25.0 Å². The highest BCUT2D eigenvalue weighted by molar-refractivity contribution is 5.31. The predicted octanol–water partition coefficient (Wildman–Crippen LogP) is 2.14. The maximum Gasteiger partial charge on any atom is 0.416 e. The molecule has 0 saturated heterocycles. The molecule has 0 amide bonds. The standard InChI is InChI=1S/C12H13F3N4/c1-16-11(10-7-17-18-19(10)2)8-3-5-9(6-4-8)12(13,14)15/h3-7,11,16H,1-2H3. The van der Waals surface area contributed by atoms with Crippen LogP contribution in [0.25, 0.3) is 0 Å². The van der Waals surface area contributed by atoms with Gasteiger partial charge in [0.1, 0.15) is 0 Å². The number of hydrogen-bond donors (Lipinski definition) is 1. The molecule has 0 spiro atoms. The third-order valence-electron chi connectivity index (χ3n) is 2.91. The molecule has 2 rings (SSSR count). The van der Waals surface area contributed by atoms with Crippen molar-refractivity contribution >= 4 is 0 Å². The van der Waals surface area contributed by atoms with Gasteiger partial charge in [0.25, 0.3) is 0 Å². The Morgan fingerprint density at radius 2 is 1.84 bits per heavy atom. The summed E-state index contributed by atoms with van der Waals surface area (Å²) in [6.45, 7) is 0. The lowest BCUT2D eigenvalue weighted by Crippen LogP contribution is -2.20. The molecule has 1 aromatic carbocycles. The summed E-state index contributed by atoms with van der Waals surface area (Å²) in [4.78, 5) is 0. The second-order valence-electron chi connectivity index (χ2n) is 4.12. The van der Waals surface area contributed by atoms with Crippen molar-refractivity contribution in [3.63, 3.8) is 0 Å². The summed E-state index contributed by atoms with van der Waals surface area (Å²) in [6.07, 6.45) is -2.74. The van der Waals surface area contributed by atoms with Crippen LogP contribution in [0, 0.1) is 0 Å². The SMILES string of the molecule is CNC(c1ccc(C(F)(F)F)cc1)c1cnnn1C. The molecule has 19 heavy (non-hydrogen) atoms. The number of rotatable bonds is 3. The predicted molar refractivity (Wildman–Crippen MR) is 63.3 cm³/mol. The number of hydrogen-bond acceptors (Lipinski definition) is 3. The maximum absolute atomic E-state index is 12.5. The summed E-state index contributed by atoms with van der Waals surface area (Å²) >= 11 is 0. The Morgan fingerprint density at radius 3 is 2.26 bits per heavy atom. The second-order valence-corrected chi connectivity index (χ2v) is 4.12. The fourth-order valence-corrected chi connectivity index (χ4v) is 1.91. The number of alkyl halides is 3. The van der Waals surface area contributed by atoms with E-state index in [1.165, 1.54) is 12.1 Å². The molecule has 0 aliphatic carbocycles. The topological polar surface area (TPSA) is 42.7 Å². The summed E-state index contributed by atoms with van der Waals surface area (Å²) in [5.74, 6) is 0. The number of aryl methyl sites for hydroxylation is 1. The van der Waals surface area contributed by atoms with Crippen LogP contribution in [0.1, 0.15) is 22.9 Å². The average Bonchev–Trinajstić information content (AvgIpc) is 2.76. The van der Waals surface area contributed by atoms with Gasteiger partial charge in [-0.15, -0.1) is 5.10 Å². The molecule has 1 aromatic heterocycles. The lowest BCUT2D eigenvalue weighted by atomic mass is 10.0. The third-order valence-corrected chi connectivity index (χ3v) is 2.91. The van der Waals surface area contributed by atoms with Crippen LogP contribution in [0.2, 0.25) is 0 Å². The summed E-state index contributed by atoms with van der Waals surface area (Å²) in [5, 5.41) is 10.6. The van der Waals surface area contributed by atoms with Crippen molar-refractivity contribution in [2.45, 2.75) is 12.2 Å². The lowest BCUT2D eigenvalue weighted by Gasteiger charge is -2.17. The van der Waals surface area contributed by atoms with E-state index < -0.39 is 11.7 Å². The van der Waals surface area contributed by atoms with Crippen molar-refractivity contribution in [3.05, 3.63) is 47.3 Å². The van der Waals surface area contributed by atoms with E-state index in [9.17, 15) is 13.2 Å². The molecule has 1 atom stereocenters. The zero-order chi connectivity index (χ0) is 14.0. The second kappa shape index (κ2) is 5.00. The Morgan fingerprint density at radius 1 is 1.21 bits per heavy atom. The number of halogens is 3. The lowest BCUT2D eigenvalue weighted by molar-refractivity contribution is -0.137. The van der Waals surface area contributed by atoms with Gasteiger partial charge < -0.3 is 5.32 Å². The minimum Gasteiger partial charge on any atom is -0.308 e. The third kappa shape index (κ3) is 2.76. The molecule has 0 fully saturated rings. The molecular weight excluding hydrogens is 257 g/mol. The van der Waals surface area contributed by atoms with Gasteiger partial charge in [0.2, 0.25) is 0 Å². The van der Waals surface area contributed by atoms with E-state index in [0.717, 1.165) is 23.4 Å². The Kier molecular flexibility index (Phi) is 3.57. The van der Waals surface area contributed by atoms with Crippen LogP contribution in [-0.2, 0) is 13.2 Å². The molecule has 4 nitrogen and oxygen atoms in total. The van der Waals surface area contributed by atoms with Crippen LogP contribution in [0.15, 0.2) is 30.5 Å². The Labute approximate surface area is 108 Å². The molecule has 0 aliphatic rings. The molecule has 7 heteroatoms. The highest BCUT2D eigenvalue weighted by Crippen LogP contribution is 2.30. The summed E-state index contributed by atoms with van der Waals surface area (Å²) in [6, 6.07) is 4.81.